The molecule has 1 unspecified atom stereocenters. The third kappa shape index (κ3) is 4.64. The van der Waals surface area contributed by atoms with Crippen molar-refractivity contribution in [3.63, 3.8) is 0 Å². The summed E-state index contributed by atoms with van der Waals surface area (Å²) in [6, 6.07) is 18.1. The summed E-state index contributed by atoms with van der Waals surface area (Å²) in [4.78, 5) is 0. The van der Waals surface area contributed by atoms with Crippen LogP contribution < -0.4 is 9.47 Å². The third-order valence-electron chi connectivity index (χ3n) is 4.39. The average molecular weight is 324 g/mol. The minimum absolute atomic E-state index is 0.163. The molecule has 2 aromatic rings. The van der Waals surface area contributed by atoms with Gasteiger partial charge in [-0.15, -0.1) is 0 Å². The molecule has 0 saturated carbocycles. The van der Waals surface area contributed by atoms with Gasteiger partial charge in [-0.05, 0) is 45.0 Å². The Bertz CT molecular complexity index is 667. The van der Waals surface area contributed by atoms with Gasteiger partial charge in [0, 0.05) is 11.0 Å². The van der Waals surface area contributed by atoms with E-state index < -0.39 is 0 Å². The molecule has 1 aliphatic heterocycles. The largest absolute Gasteiger partial charge is 0.490 e. The van der Waals surface area contributed by atoms with Crippen LogP contribution in [0.2, 0.25) is 0 Å². The summed E-state index contributed by atoms with van der Waals surface area (Å²) in [5, 5.41) is 0. The second kappa shape index (κ2) is 8.05. The predicted molar refractivity (Wildman–Crippen MR) is 101 cm³/mol. The highest BCUT2D eigenvalue weighted by Crippen LogP contribution is 2.41. The quantitative estimate of drug-likeness (QED) is 0.667. The van der Waals surface area contributed by atoms with Gasteiger partial charge in [-0.1, -0.05) is 55.8 Å². The Kier molecular flexibility index (Phi) is 6.08. The Balaban J connectivity index is 0.000000174. The zero-order valence-electron chi connectivity index (χ0n) is 15.4. The molecule has 0 aromatic heterocycles. The second-order valence-corrected chi connectivity index (χ2v) is 6.88. The number of hydrogen-bond acceptors (Lipinski definition) is 2. The van der Waals surface area contributed by atoms with Gasteiger partial charge in [0.05, 0.1) is 0 Å². The van der Waals surface area contributed by atoms with Gasteiger partial charge >= 0.3 is 0 Å². The van der Waals surface area contributed by atoms with Crippen LogP contribution in [0.25, 0.3) is 0 Å². The fraction of sp³-hybridized carbons (Fsp3) is 0.364. The number of hydrogen-bond donors (Lipinski definition) is 0. The van der Waals surface area contributed by atoms with Gasteiger partial charge < -0.3 is 9.47 Å². The van der Waals surface area contributed by atoms with Crippen molar-refractivity contribution in [3.8, 4) is 11.5 Å². The normalized spacial score (nSPS) is 17.0. The molecule has 128 valence electrons. The van der Waals surface area contributed by atoms with Crippen molar-refractivity contribution in [3.05, 3.63) is 71.8 Å². The maximum Gasteiger partial charge on any atom is 0.123 e. The molecule has 1 heterocycles. The van der Waals surface area contributed by atoms with Crippen LogP contribution in [0.1, 0.15) is 40.2 Å². The first-order valence-electron chi connectivity index (χ1n) is 8.48. The van der Waals surface area contributed by atoms with Crippen LogP contribution in [-0.2, 0) is 5.41 Å². The van der Waals surface area contributed by atoms with Crippen molar-refractivity contribution in [1.82, 2.24) is 0 Å². The highest BCUT2D eigenvalue weighted by molar-refractivity contribution is 5.43. The molecule has 0 bridgehead atoms. The standard InChI is InChI=1S/2C11H14O/c1-8-11(2,3)9-6-4-5-7-10(9)12-8;1-10(2)8-9-12-11-6-4-3-5-7-11/h4-8H,1-3H3;3-8H,9H2,1-2H3. The van der Waals surface area contributed by atoms with Gasteiger partial charge in [0.2, 0.25) is 0 Å². The molecule has 2 heteroatoms. The summed E-state index contributed by atoms with van der Waals surface area (Å²) in [6.07, 6.45) is 2.35. The molecule has 2 nitrogen and oxygen atoms in total. The minimum atomic E-state index is 0.163. The van der Waals surface area contributed by atoms with E-state index in [-0.39, 0.29) is 11.5 Å². The van der Waals surface area contributed by atoms with E-state index in [9.17, 15) is 0 Å². The lowest BCUT2D eigenvalue weighted by atomic mass is 9.82. The molecule has 1 aliphatic rings. The van der Waals surface area contributed by atoms with E-state index >= 15 is 0 Å². The smallest absolute Gasteiger partial charge is 0.123 e. The molecule has 0 amide bonds. The first-order valence-corrected chi connectivity index (χ1v) is 8.48. The Morgan fingerprint density at radius 2 is 1.67 bits per heavy atom. The number of rotatable bonds is 3. The van der Waals surface area contributed by atoms with Crippen LogP contribution in [-0.4, -0.2) is 12.7 Å². The van der Waals surface area contributed by atoms with E-state index in [1.165, 1.54) is 11.1 Å². The Hall–Kier alpha value is -2.22. The molecule has 0 radical (unpaired) electrons. The van der Waals surface area contributed by atoms with Crippen LogP contribution in [0, 0.1) is 0 Å². The van der Waals surface area contributed by atoms with Gasteiger partial charge in [0.25, 0.3) is 0 Å². The Morgan fingerprint density at radius 1 is 1.04 bits per heavy atom. The van der Waals surface area contributed by atoms with Crippen LogP contribution in [0.3, 0.4) is 0 Å². The zero-order chi connectivity index (χ0) is 17.6. The number of benzene rings is 2. The molecule has 0 saturated heterocycles. The summed E-state index contributed by atoms with van der Waals surface area (Å²) < 4.78 is 11.2. The van der Waals surface area contributed by atoms with E-state index in [1.54, 1.807) is 0 Å². The summed E-state index contributed by atoms with van der Waals surface area (Å²) in [7, 11) is 0. The zero-order valence-corrected chi connectivity index (χ0v) is 15.4. The molecule has 24 heavy (non-hydrogen) atoms. The summed E-state index contributed by atoms with van der Waals surface area (Å²) >= 11 is 0. The average Bonchev–Trinajstić information content (AvgIpc) is 2.79. The lowest BCUT2D eigenvalue weighted by molar-refractivity contribution is 0.185. The van der Waals surface area contributed by atoms with Gasteiger partial charge in [0.1, 0.15) is 24.2 Å². The number of ether oxygens (including phenoxy) is 2. The van der Waals surface area contributed by atoms with Crippen LogP contribution >= 0.6 is 0 Å². The highest BCUT2D eigenvalue weighted by atomic mass is 16.5. The lowest BCUT2D eigenvalue weighted by Gasteiger charge is -2.21. The van der Waals surface area contributed by atoms with E-state index in [2.05, 4.69) is 52.8 Å². The molecular formula is C22H28O2. The predicted octanol–water partition coefficient (Wildman–Crippen LogP) is 5.78. The van der Waals surface area contributed by atoms with Crippen molar-refractivity contribution < 1.29 is 9.47 Å². The van der Waals surface area contributed by atoms with E-state index in [4.69, 9.17) is 9.47 Å². The molecule has 0 fully saturated rings. The lowest BCUT2D eigenvalue weighted by Crippen LogP contribution is -2.28. The highest BCUT2D eigenvalue weighted by Gasteiger charge is 2.37. The maximum atomic E-state index is 5.72. The molecule has 0 N–H and O–H groups in total. The van der Waals surface area contributed by atoms with Crippen molar-refractivity contribution in [2.45, 2.75) is 46.1 Å². The van der Waals surface area contributed by atoms with Gasteiger partial charge in [0.15, 0.2) is 0 Å². The fourth-order valence-corrected chi connectivity index (χ4v) is 2.48. The van der Waals surface area contributed by atoms with Crippen LogP contribution in [0.4, 0.5) is 0 Å². The molecule has 0 aliphatic carbocycles. The van der Waals surface area contributed by atoms with Crippen molar-refractivity contribution in [2.24, 2.45) is 0 Å². The first kappa shape index (κ1) is 18.1. The van der Waals surface area contributed by atoms with Gasteiger partial charge in [-0.25, -0.2) is 0 Å². The SMILES string of the molecule is CC(C)=CCOc1ccccc1.CC1Oc2ccccc2C1(C)C. The number of allylic oxidation sites excluding steroid dienone is 1. The van der Waals surface area contributed by atoms with Crippen LogP contribution in [0.15, 0.2) is 66.2 Å². The summed E-state index contributed by atoms with van der Waals surface area (Å²) in [5.74, 6) is 1.98. The Labute approximate surface area is 146 Å². The first-order chi connectivity index (χ1) is 11.4. The van der Waals surface area contributed by atoms with Gasteiger partial charge in [-0.3, -0.25) is 0 Å². The summed E-state index contributed by atoms with van der Waals surface area (Å²) in [5.41, 5.74) is 2.78. The topological polar surface area (TPSA) is 18.5 Å². The van der Waals surface area contributed by atoms with Crippen LogP contribution in [0.5, 0.6) is 11.5 Å². The van der Waals surface area contributed by atoms with Crippen molar-refractivity contribution in [1.29, 1.82) is 0 Å². The van der Waals surface area contributed by atoms with E-state index in [0.29, 0.717) is 6.61 Å². The number of fused-ring (bicyclic) bond motifs is 1. The van der Waals surface area contributed by atoms with E-state index in [1.807, 2.05) is 42.5 Å². The van der Waals surface area contributed by atoms with Crippen molar-refractivity contribution in [2.75, 3.05) is 6.61 Å². The monoisotopic (exact) mass is 324 g/mol. The van der Waals surface area contributed by atoms with Crippen molar-refractivity contribution >= 4 is 0 Å². The third-order valence-corrected chi connectivity index (χ3v) is 4.39. The summed E-state index contributed by atoms with van der Waals surface area (Å²) in [6.45, 7) is 11.4. The molecule has 0 spiro atoms. The van der Waals surface area contributed by atoms with Gasteiger partial charge in [-0.2, -0.15) is 0 Å². The number of para-hydroxylation sites is 2. The maximum absolute atomic E-state index is 5.72. The van der Waals surface area contributed by atoms with E-state index in [0.717, 1.165) is 11.5 Å². The minimum Gasteiger partial charge on any atom is -0.490 e. The fourth-order valence-electron chi connectivity index (χ4n) is 2.48. The second-order valence-electron chi connectivity index (χ2n) is 6.88. The molecule has 3 rings (SSSR count). The Morgan fingerprint density at radius 3 is 2.29 bits per heavy atom. The molecular weight excluding hydrogens is 296 g/mol. The molecule has 2 aromatic carbocycles. The molecule has 1 atom stereocenters.